The fraction of sp³-hybridized carbons (Fsp3) is 0.500. The first kappa shape index (κ1) is 14.1. The van der Waals surface area contributed by atoms with Gasteiger partial charge in [0.2, 0.25) is 5.91 Å². The summed E-state index contributed by atoms with van der Waals surface area (Å²) in [7, 11) is 0. The van der Waals surface area contributed by atoms with Gasteiger partial charge >= 0.3 is 5.97 Å². The Kier molecular flexibility index (Phi) is 3.68. The number of amides is 1. The van der Waals surface area contributed by atoms with Gasteiger partial charge < -0.3 is 9.47 Å². The highest BCUT2D eigenvalue weighted by molar-refractivity contribution is 5.87. The van der Waals surface area contributed by atoms with E-state index in [4.69, 9.17) is 9.47 Å². The Labute approximate surface area is 123 Å². The van der Waals surface area contributed by atoms with Crippen LogP contribution in [0.3, 0.4) is 0 Å². The molecule has 112 valence electrons. The molecule has 0 radical (unpaired) electrons. The van der Waals surface area contributed by atoms with Crippen LogP contribution in [0, 0.1) is 0 Å². The zero-order valence-corrected chi connectivity index (χ0v) is 12.1. The smallest absolute Gasteiger partial charge is 0.331 e. The van der Waals surface area contributed by atoms with Crippen LogP contribution in [0.15, 0.2) is 30.3 Å². The minimum absolute atomic E-state index is 0.0264. The lowest BCUT2D eigenvalue weighted by Gasteiger charge is -2.32. The zero-order valence-electron chi connectivity index (χ0n) is 12.1. The molecule has 2 aliphatic rings. The summed E-state index contributed by atoms with van der Waals surface area (Å²) in [5, 5.41) is 0. The van der Waals surface area contributed by atoms with E-state index in [2.05, 4.69) is 0 Å². The number of carbonyl (C=O) groups excluding carboxylic acids is 2. The van der Waals surface area contributed by atoms with Crippen molar-refractivity contribution in [2.24, 2.45) is 0 Å². The van der Waals surface area contributed by atoms with Crippen LogP contribution in [-0.2, 0) is 25.5 Å². The van der Waals surface area contributed by atoms with Crippen molar-refractivity contribution in [3.63, 3.8) is 0 Å². The fourth-order valence-corrected chi connectivity index (χ4v) is 3.23. The zero-order chi connectivity index (χ0) is 14.9. The minimum Gasteiger partial charge on any atom is -0.464 e. The number of nitrogens with zero attached hydrogens (tertiary/aromatic N) is 1. The lowest BCUT2D eigenvalue weighted by molar-refractivity contribution is -0.155. The second-order valence-electron chi connectivity index (χ2n) is 5.45. The Morgan fingerprint density at radius 3 is 2.90 bits per heavy atom. The molecule has 2 fully saturated rings. The van der Waals surface area contributed by atoms with Crippen molar-refractivity contribution in [1.82, 2.24) is 4.90 Å². The molecule has 0 spiro atoms. The third-order valence-electron chi connectivity index (χ3n) is 4.14. The molecule has 21 heavy (non-hydrogen) atoms. The van der Waals surface area contributed by atoms with Gasteiger partial charge in [-0.25, -0.2) is 4.79 Å². The quantitative estimate of drug-likeness (QED) is 0.788. The maximum Gasteiger partial charge on any atom is 0.331 e. The summed E-state index contributed by atoms with van der Waals surface area (Å²) in [4.78, 5) is 25.8. The topological polar surface area (TPSA) is 55.8 Å². The number of benzene rings is 1. The molecule has 0 N–H and O–H groups in total. The van der Waals surface area contributed by atoms with Crippen molar-refractivity contribution >= 4 is 11.9 Å². The number of rotatable bonds is 4. The molecule has 5 nitrogen and oxygen atoms in total. The van der Waals surface area contributed by atoms with Crippen molar-refractivity contribution < 1.29 is 19.1 Å². The average Bonchev–Trinajstić information content (AvgIpc) is 2.99. The van der Waals surface area contributed by atoms with Crippen molar-refractivity contribution in [3.8, 4) is 0 Å². The van der Waals surface area contributed by atoms with Crippen LogP contribution in [0.2, 0.25) is 0 Å². The maximum atomic E-state index is 12.2. The number of ether oxygens (including phenoxy) is 2. The van der Waals surface area contributed by atoms with E-state index >= 15 is 0 Å². The van der Waals surface area contributed by atoms with Gasteiger partial charge in [0, 0.05) is 19.3 Å². The van der Waals surface area contributed by atoms with Gasteiger partial charge in [0.05, 0.1) is 13.2 Å². The number of fused-ring (bicyclic) bond motifs is 1. The summed E-state index contributed by atoms with van der Waals surface area (Å²) in [5.74, 6) is -0.399. The Morgan fingerprint density at radius 2 is 2.19 bits per heavy atom. The molecule has 2 heterocycles. The van der Waals surface area contributed by atoms with Crippen LogP contribution < -0.4 is 0 Å². The van der Waals surface area contributed by atoms with Crippen molar-refractivity contribution in [2.45, 2.75) is 38.0 Å². The Morgan fingerprint density at radius 1 is 1.43 bits per heavy atom. The monoisotopic (exact) mass is 289 g/mol. The molecule has 0 saturated carbocycles. The Hall–Kier alpha value is -1.88. The molecule has 2 saturated heterocycles. The second-order valence-corrected chi connectivity index (χ2v) is 5.45. The fourth-order valence-electron chi connectivity index (χ4n) is 3.23. The predicted octanol–water partition coefficient (Wildman–Crippen LogP) is 1.51. The Bertz CT molecular complexity index is 544. The van der Waals surface area contributed by atoms with E-state index in [1.165, 1.54) is 0 Å². The lowest BCUT2D eigenvalue weighted by Crippen LogP contribution is -2.50. The van der Waals surface area contributed by atoms with Gasteiger partial charge in [0.1, 0.15) is 5.72 Å². The van der Waals surface area contributed by atoms with E-state index in [9.17, 15) is 9.59 Å². The van der Waals surface area contributed by atoms with Gasteiger partial charge in [0.25, 0.3) is 0 Å². The normalized spacial score (nSPS) is 27.8. The molecule has 1 amide bonds. The number of esters is 1. The predicted molar refractivity (Wildman–Crippen MR) is 75.3 cm³/mol. The van der Waals surface area contributed by atoms with E-state index < -0.39 is 11.8 Å². The number of carbonyl (C=O) groups is 2. The van der Waals surface area contributed by atoms with Crippen LogP contribution in [-0.4, -0.2) is 41.8 Å². The molecule has 1 aromatic carbocycles. The first-order valence-electron chi connectivity index (χ1n) is 7.33. The molecular weight excluding hydrogens is 270 g/mol. The van der Waals surface area contributed by atoms with Gasteiger partial charge in [-0.1, -0.05) is 30.3 Å². The largest absolute Gasteiger partial charge is 0.464 e. The standard InChI is InChI=1S/C16H19NO4/c1-2-20-15(19)13-11-21-16(9-8-14(18)17(13)16)10-12-6-4-3-5-7-12/h3-7,13H,2,8-11H2,1H3/t13-,16+/m0/s1. The third kappa shape index (κ3) is 2.42. The first-order chi connectivity index (χ1) is 10.2. The van der Waals surface area contributed by atoms with E-state index in [1.807, 2.05) is 30.3 Å². The molecule has 0 aliphatic carbocycles. The number of hydrogen-bond acceptors (Lipinski definition) is 4. The van der Waals surface area contributed by atoms with E-state index in [-0.39, 0.29) is 18.5 Å². The van der Waals surface area contributed by atoms with Crippen molar-refractivity contribution in [1.29, 1.82) is 0 Å². The van der Waals surface area contributed by atoms with Crippen LogP contribution in [0.25, 0.3) is 0 Å². The van der Waals surface area contributed by atoms with Crippen LogP contribution in [0.5, 0.6) is 0 Å². The van der Waals surface area contributed by atoms with Crippen LogP contribution in [0.4, 0.5) is 0 Å². The summed E-state index contributed by atoms with van der Waals surface area (Å²) in [6, 6.07) is 9.29. The van der Waals surface area contributed by atoms with Crippen LogP contribution in [0.1, 0.15) is 25.3 Å². The maximum absolute atomic E-state index is 12.2. The third-order valence-corrected chi connectivity index (χ3v) is 4.14. The van der Waals surface area contributed by atoms with Gasteiger partial charge in [-0.2, -0.15) is 0 Å². The summed E-state index contributed by atoms with van der Waals surface area (Å²) in [5.41, 5.74) is 0.414. The molecule has 0 aromatic heterocycles. The highest BCUT2D eigenvalue weighted by Gasteiger charge is 2.56. The molecule has 2 atom stereocenters. The summed E-state index contributed by atoms with van der Waals surface area (Å²) >= 11 is 0. The second kappa shape index (κ2) is 5.48. The highest BCUT2D eigenvalue weighted by atomic mass is 16.6. The lowest BCUT2D eigenvalue weighted by atomic mass is 10.00. The molecule has 1 aromatic rings. The van der Waals surface area contributed by atoms with Gasteiger partial charge in [-0.05, 0) is 12.5 Å². The van der Waals surface area contributed by atoms with Crippen molar-refractivity contribution in [3.05, 3.63) is 35.9 Å². The first-order valence-corrected chi connectivity index (χ1v) is 7.33. The van der Waals surface area contributed by atoms with Gasteiger partial charge in [0.15, 0.2) is 6.04 Å². The van der Waals surface area contributed by atoms with E-state index in [1.54, 1.807) is 11.8 Å². The summed E-state index contributed by atoms with van der Waals surface area (Å²) in [6.07, 6.45) is 1.65. The molecule has 5 heteroatoms. The summed E-state index contributed by atoms with van der Waals surface area (Å²) < 4.78 is 11.0. The van der Waals surface area contributed by atoms with Crippen LogP contribution >= 0.6 is 0 Å². The molecule has 3 rings (SSSR count). The Balaban J connectivity index is 1.84. The minimum atomic E-state index is -0.685. The average molecular weight is 289 g/mol. The molecule has 2 aliphatic heterocycles. The van der Waals surface area contributed by atoms with E-state index in [0.29, 0.717) is 25.9 Å². The van der Waals surface area contributed by atoms with E-state index in [0.717, 1.165) is 5.56 Å². The van der Waals surface area contributed by atoms with Gasteiger partial charge in [-0.3, -0.25) is 9.69 Å². The van der Waals surface area contributed by atoms with Crippen molar-refractivity contribution in [2.75, 3.05) is 13.2 Å². The number of hydrogen-bond donors (Lipinski definition) is 0. The summed E-state index contributed by atoms with van der Waals surface area (Å²) in [6.45, 7) is 2.29. The van der Waals surface area contributed by atoms with Gasteiger partial charge in [-0.15, -0.1) is 0 Å². The SMILES string of the molecule is CCOC(=O)[C@@H]1CO[C@@]2(Cc3ccccc3)CCC(=O)N12. The molecule has 0 bridgehead atoms. The molecule has 0 unspecified atom stereocenters. The highest BCUT2D eigenvalue weighted by Crippen LogP contribution is 2.41. The molecular formula is C16H19NO4.